The van der Waals surface area contributed by atoms with E-state index in [-0.39, 0.29) is 5.92 Å². The minimum Gasteiger partial charge on any atom is -0.343 e. The van der Waals surface area contributed by atoms with Crippen LogP contribution in [0.1, 0.15) is 51.9 Å². The summed E-state index contributed by atoms with van der Waals surface area (Å²) in [6.07, 6.45) is 7.35. The molecule has 0 aromatic heterocycles. The third-order valence-electron chi connectivity index (χ3n) is 6.22. The molecular weight excluding hydrogens is 346 g/mol. The van der Waals surface area contributed by atoms with E-state index in [9.17, 15) is 9.59 Å². The van der Waals surface area contributed by atoms with Gasteiger partial charge in [0.15, 0.2) is 0 Å². The van der Waals surface area contributed by atoms with Crippen molar-refractivity contribution in [1.29, 1.82) is 0 Å². The second kappa shape index (κ2) is 9.98. The van der Waals surface area contributed by atoms with E-state index in [0.717, 1.165) is 76.5 Å². The summed E-state index contributed by atoms with van der Waals surface area (Å²) in [5.41, 5.74) is 0. The molecule has 0 bridgehead atoms. The molecular formula is C20H35N3O2S. The van der Waals surface area contributed by atoms with Gasteiger partial charge in [-0.15, -0.1) is 0 Å². The Morgan fingerprint density at radius 3 is 2.35 bits per heavy atom. The van der Waals surface area contributed by atoms with Crippen LogP contribution in [0.3, 0.4) is 0 Å². The summed E-state index contributed by atoms with van der Waals surface area (Å²) in [4.78, 5) is 31.7. The van der Waals surface area contributed by atoms with Crippen LogP contribution < -0.4 is 0 Å². The Morgan fingerprint density at radius 2 is 1.65 bits per heavy atom. The third kappa shape index (κ3) is 5.16. The molecule has 0 aromatic rings. The quantitative estimate of drug-likeness (QED) is 0.663. The van der Waals surface area contributed by atoms with E-state index in [1.165, 1.54) is 12.8 Å². The van der Waals surface area contributed by atoms with E-state index in [1.54, 1.807) is 0 Å². The average molecular weight is 382 g/mol. The minimum atomic E-state index is 0.201. The van der Waals surface area contributed by atoms with Gasteiger partial charge in [-0.05, 0) is 50.8 Å². The molecule has 1 atom stereocenters. The molecule has 3 saturated heterocycles. The molecule has 3 heterocycles. The molecule has 26 heavy (non-hydrogen) atoms. The molecule has 3 fully saturated rings. The molecule has 0 aromatic carbocycles. The van der Waals surface area contributed by atoms with E-state index < -0.39 is 0 Å². The first kappa shape index (κ1) is 20.0. The smallest absolute Gasteiger partial charge is 0.226 e. The van der Waals surface area contributed by atoms with Crippen LogP contribution in [0.5, 0.6) is 0 Å². The molecule has 3 rings (SSSR count). The summed E-state index contributed by atoms with van der Waals surface area (Å²) in [5, 5.41) is 0. The van der Waals surface area contributed by atoms with Gasteiger partial charge in [-0.3, -0.25) is 14.5 Å². The molecule has 0 unspecified atom stereocenters. The number of carbonyl (C=O) groups is 2. The lowest BCUT2D eigenvalue weighted by Crippen LogP contribution is -2.51. The van der Waals surface area contributed by atoms with E-state index in [4.69, 9.17) is 0 Å². The van der Waals surface area contributed by atoms with Gasteiger partial charge >= 0.3 is 0 Å². The fourth-order valence-corrected chi connectivity index (χ4v) is 5.29. The van der Waals surface area contributed by atoms with Crippen LogP contribution in [0, 0.1) is 5.92 Å². The Balaban J connectivity index is 1.43. The van der Waals surface area contributed by atoms with Gasteiger partial charge < -0.3 is 9.80 Å². The zero-order chi connectivity index (χ0) is 18.4. The molecule has 148 valence electrons. The highest BCUT2D eigenvalue weighted by molar-refractivity contribution is 7.99. The van der Waals surface area contributed by atoms with Crippen molar-refractivity contribution in [2.45, 2.75) is 57.9 Å². The Labute approximate surface area is 162 Å². The summed E-state index contributed by atoms with van der Waals surface area (Å²) in [6.45, 7) is 7.90. The number of carbonyl (C=O) groups excluding carboxylic acids is 2. The van der Waals surface area contributed by atoms with E-state index in [1.807, 2.05) is 11.8 Å². The summed E-state index contributed by atoms with van der Waals surface area (Å²) in [7, 11) is 0. The highest BCUT2D eigenvalue weighted by Crippen LogP contribution is 2.26. The predicted octanol–water partition coefficient (Wildman–Crippen LogP) is 2.46. The van der Waals surface area contributed by atoms with Crippen LogP contribution in [0.25, 0.3) is 0 Å². The maximum absolute atomic E-state index is 12.7. The van der Waals surface area contributed by atoms with Crippen molar-refractivity contribution in [3.8, 4) is 0 Å². The second-order valence-electron chi connectivity index (χ2n) is 7.93. The van der Waals surface area contributed by atoms with E-state index >= 15 is 0 Å². The lowest BCUT2D eigenvalue weighted by molar-refractivity contribution is -0.136. The fraction of sp³-hybridized carbons (Fsp3) is 0.900. The lowest BCUT2D eigenvalue weighted by atomic mass is 9.93. The zero-order valence-corrected chi connectivity index (χ0v) is 17.1. The first-order valence-corrected chi connectivity index (χ1v) is 11.7. The number of nitrogens with zero attached hydrogens (tertiary/aromatic N) is 3. The Morgan fingerprint density at radius 1 is 0.923 bits per heavy atom. The summed E-state index contributed by atoms with van der Waals surface area (Å²) < 4.78 is 0. The van der Waals surface area contributed by atoms with Crippen molar-refractivity contribution in [3.05, 3.63) is 0 Å². The van der Waals surface area contributed by atoms with E-state index in [2.05, 4.69) is 21.6 Å². The van der Waals surface area contributed by atoms with Gasteiger partial charge in [-0.25, -0.2) is 0 Å². The molecule has 0 spiro atoms. The summed E-state index contributed by atoms with van der Waals surface area (Å²) in [6, 6.07) is 0.554. The van der Waals surface area contributed by atoms with Crippen LogP contribution >= 0.6 is 11.8 Å². The van der Waals surface area contributed by atoms with Crippen molar-refractivity contribution < 1.29 is 9.59 Å². The van der Waals surface area contributed by atoms with Gasteiger partial charge in [0.2, 0.25) is 11.8 Å². The van der Waals surface area contributed by atoms with Crippen LogP contribution in [0.4, 0.5) is 0 Å². The van der Waals surface area contributed by atoms with Crippen molar-refractivity contribution >= 4 is 23.6 Å². The zero-order valence-electron chi connectivity index (χ0n) is 16.3. The van der Waals surface area contributed by atoms with Crippen LogP contribution in [-0.2, 0) is 9.59 Å². The van der Waals surface area contributed by atoms with Crippen LogP contribution in [-0.4, -0.2) is 83.3 Å². The van der Waals surface area contributed by atoms with Crippen molar-refractivity contribution in [3.63, 3.8) is 0 Å². The van der Waals surface area contributed by atoms with E-state index in [0.29, 0.717) is 24.3 Å². The van der Waals surface area contributed by atoms with Gasteiger partial charge in [-0.2, -0.15) is 11.8 Å². The standard InChI is InChI=1S/C20H35N3O2S/c1-2-26-15-9-19(24)21-13-7-18(8-14-21)23-12-5-6-17(16-23)20(25)22-10-3-4-11-22/h17-18H,2-16H2,1H3/t17-/m0/s1. The van der Waals surface area contributed by atoms with Gasteiger partial charge in [0.1, 0.15) is 0 Å². The van der Waals surface area contributed by atoms with Crippen molar-refractivity contribution in [2.75, 3.05) is 50.8 Å². The Kier molecular flexibility index (Phi) is 7.67. The van der Waals surface area contributed by atoms with Gasteiger partial charge in [0.25, 0.3) is 0 Å². The number of piperidine rings is 2. The number of amides is 2. The molecule has 6 heteroatoms. The van der Waals surface area contributed by atoms with Gasteiger partial charge in [-0.1, -0.05) is 6.92 Å². The third-order valence-corrected chi connectivity index (χ3v) is 7.12. The minimum absolute atomic E-state index is 0.201. The van der Waals surface area contributed by atoms with Gasteiger partial charge in [0, 0.05) is 50.9 Å². The molecule has 5 nitrogen and oxygen atoms in total. The highest BCUT2D eigenvalue weighted by atomic mass is 32.2. The topological polar surface area (TPSA) is 43.9 Å². The largest absolute Gasteiger partial charge is 0.343 e. The van der Waals surface area contributed by atoms with Crippen molar-refractivity contribution in [2.24, 2.45) is 5.92 Å². The fourth-order valence-electron chi connectivity index (χ4n) is 4.68. The number of hydrogen-bond donors (Lipinski definition) is 0. The number of rotatable bonds is 6. The Hall–Kier alpha value is -0.750. The van der Waals surface area contributed by atoms with Crippen LogP contribution in [0.2, 0.25) is 0 Å². The first-order valence-electron chi connectivity index (χ1n) is 10.6. The SMILES string of the molecule is CCSCCC(=O)N1CCC(N2CCC[C@H](C(=O)N3CCCC3)C2)CC1. The monoisotopic (exact) mass is 381 g/mol. The molecule has 3 aliphatic rings. The maximum Gasteiger partial charge on any atom is 0.226 e. The summed E-state index contributed by atoms with van der Waals surface area (Å²) in [5.74, 6) is 2.95. The summed E-state index contributed by atoms with van der Waals surface area (Å²) >= 11 is 1.85. The predicted molar refractivity (Wildman–Crippen MR) is 107 cm³/mol. The normalized spacial score (nSPS) is 25.7. The van der Waals surface area contributed by atoms with Gasteiger partial charge in [0.05, 0.1) is 5.92 Å². The number of hydrogen-bond acceptors (Lipinski definition) is 4. The average Bonchev–Trinajstić information content (AvgIpc) is 3.22. The molecule has 0 N–H and O–H groups in total. The Bertz CT molecular complexity index is 474. The number of likely N-dealkylation sites (tertiary alicyclic amines) is 3. The molecule has 0 radical (unpaired) electrons. The first-order chi connectivity index (χ1) is 12.7. The highest BCUT2D eigenvalue weighted by Gasteiger charge is 2.34. The number of thioether (sulfide) groups is 1. The van der Waals surface area contributed by atoms with Crippen molar-refractivity contribution in [1.82, 2.24) is 14.7 Å². The second-order valence-corrected chi connectivity index (χ2v) is 9.32. The molecule has 0 aliphatic carbocycles. The molecule has 3 aliphatic heterocycles. The lowest BCUT2D eigenvalue weighted by Gasteiger charge is -2.42. The van der Waals surface area contributed by atoms with Crippen LogP contribution in [0.15, 0.2) is 0 Å². The maximum atomic E-state index is 12.7. The molecule has 2 amide bonds. The molecule has 0 saturated carbocycles.